The summed E-state index contributed by atoms with van der Waals surface area (Å²) in [7, 11) is 1.38. The van der Waals surface area contributed by atoms with Gasteiger partial charge in [0, 0.05) is 29.2 Å². The summed E-state index contributed by atoms with van der Waals surface area (Å²) in [6, 6.07) is 6.87. The minimum Gasteiger partial charge on any atom is -0.493 e. The zero-order valence-electron chi connectivity index (χ0n) is 15.7. The fraction of sp³-hybridized carbons (Fsp3) is 0.316. The van der Waals surface area contributed by atoms with Gasteiger partial charge < -0.3 is 14.4 Å². The molecule has 0 spiro atoms. The number of nitrogens with zero attached hydrogens (tertiary/aromatic N) is 2. The van der Waals surface area contributed by atoms with Gasteiger partial charge in [0.05, 0.1) is 24.7 Å². The van der Waals surface area contributed by atoms with Crippen molar-refractivity contribution in [3.05, 3.63) is 61.9 Å². The fourth-order valence-corrected chi connectivity index (χ4v) is 3.08. The maximum Gasteiger partial charge on any atom is 0.286 e. The summed E-state index contributed by atoms with van der Waals surface area (Å²) in [5, 5.41) is 11.5. The molecule has 9 heteroatoms. The summed E-state index contributed by atoms with van der Waals surface area (Å²) in [5.74, 6) is -0.682. The third-order valence-electron chi connectivity index (χ3n) is 4.05. The van der Waals surface area contributed by atoms with Crippen molar-refractivity contribution >= 4 is 27.5 Å². The van der Waals surface area contributed by atoms with Gasteiger partial charge in [-0.05, 0) is 32.0 Å². The Morgan fingerprint density at radius 1 is 1.25 bits per heavy atom. The second kappa shape index (κ2) is 9.50. The van der Waals surface area contributed by atoms with E-state index in [2.05, 4.69) is 15.9 Å². The molecule has 2 aromatic rings. The van der Waals surface area contributed by atoms with Crippen LogP contribution in [0.1, 0.15) is 29.8 Å². The Morgan fingerprint density at radius 3 is 2.54 bits per heavy atom. The van der Waals surface area contributed by atoms with Crippen LogP contribution in [-0.2, 0) is 6.54 Å². The molecule has 0 aromatic heterocycles. The standard InChI is InChI=1S/C19H20BrFN2O5/c1-4-22(11-12-8-13(20)6-7-15(12)21)19(24)14-9-17(27-3)18(28-5-2)10-16(14)23(25)26/h6-10H,4-5,11H2,1-3H3. The van der Waals surface area contributed by atoms with Gasteiger partial charge in [0.1, 0.15) is 11.4 Å². The van der Waals surface area contributed by atoms with Crippen LogP contribution in [0.25, 0.3) is 0 Å². The molecule has 0 heterocycles. The first-order chi connectivity index (χ1) is 13.3. The highest BCUT2D eigenvalue weighted by molar-refractivity contribution is 9.10. The molecule has 0 aliphatic carbocycles. The Labute approximate surface area is 170 Å². The first kappa shape index (κ1) is 21.6. The number of hydrogen-bond acceptors (Lipinski definition) is 5. The molecular formula is C19H20BrFN2O5. The zero-order chi connectivity index (χ0) is 20.8. The second-order valence-corrected chi connectivity index (χ2v) is 6.68. The molecule has 0 saturated carbocycles. The fourth-order valence-electron chi connectivity index (χ4n) is 2.67. The molecule has 0 aliphatic heterocycles. The van der Waals surface area contributed by atoms with Gasteiger partial charge in [-0.15, -0.1) is 0 Å². The summed E-state index contributed by atoms with van der Waals surface area (Å²) in [4.78, 5) is 25.2. The molecule has 0 N–H and O–H groups in total. The number of halogens is 2. The molecular weight excluding hydrogens is 435 g/mol. The van der Waals surface area contributed by atoms with E-state index in [-0.39, 0.29) is 36.8 Å². The van der Waals surface area contributed by atoms with Gasteiger partial charge in [0.25, 0.3) is 11.6 Å². The smallest absolute Gasteiger partial charge is 0.286 e. The van der Waals surface area contributed by atoms with Crippen molar-refractivity contribution in [2.75, 3.05) is 20.3 Å². The molecule has 0 aliphatic rings. The number of carbonyl (C=O) groups excluding carboxylic acids is 1. The highest BCUT2D eigenvalue weighted by atomic mass is 79.9. The summed E-state index contributed by atoms with van der Waals surface area (Å²) >= 11 is 3.27. The van der Waals surface area contributed by atoms with Crippen LogP contribution < -0.4 is 9.47 Å². The lowest BCUT2D eigenvalue weighted by atomic mass is 10.1. The summed E-state index contributed by atoms with van der Waals surface area (Å²) in [5.41, 5.74) is -0.255. The summed E-state index contributed by atoms with van der Waals surface area (Å²) < 4.78 is 25.3. The molecule has 0 atom stereocenters. The molecule has 2 rings (SSSR count). The van der Waals surface area contributed by atoms with Gasteiger partial charge >= 0.3 is 0 Å². The van der Waals surface area contributed by atoms with E-state index in [0.717, 1.165) is 0 Å². The Kier molecular flexibility index (Phi) is 7.33. The molecule has 28 heavy (non-hydrogen) atoms. The lowest BCUT2D eigenvalue weighted by molar-refractivity contribution is -0.385. The molecule has 0 radical (unpaired) electrons. The minimum atomic E-state index is -0.650. The van der Waals surface area contributed by atoms with Crippen LogP contribution in [0.2, 0.25) is 0 Å². The van der Waals surface area contributed by atoms with E-state index < -0.39 is 22.3 Å². The first-order valence-electron chi connectivity index (χ1n) is 8.54. The van der Waals surface area contributed by atoms with Gasteiger partial charge in [0.15, 0.2) is 11.5 Å². The van der Waals surface area contributed by atoms with Gasteiger partial charge in [-0.1, -0.05) is 15.9 Å². The average Bonchev–Trinajstić information content (AvgIpc) is 2.67. The number of benzene rings is 2. The third-order valence-corrected chi connectivity index (χ3v) is 4.54. The Balaban J connectivity index is 2.47. The molecule has 0 bridgehead atoms. The predicted molar refractivity (Wildman–Crippen MR) is 105 cm³/mol. The average molecular weight is 455 g/mol. The zero-order valence-corrected chi connectivity index (χ0v) is 17.3. The van der Waals surface area contributed by atoms with Crippen LogP contribution >= 0.6 is 15.9 Å². The normalized spacial score (nSPS) is 10.5. The lowest BCUT2D eigenvalue weighted by Gasteiger charge is -2.22. The summed E-state index contributed by atoms with van der Waals surface area (Å²) in [6.07, 6.45) is 0. The van der Waals surface area contributed by atoms with E-state index >= 15 is 0 Å². The highest BCUT2D eigenvalue weighted by Gasteiger charge is 2.28. The third kappa shape index (κ3) is 4.78. The number of hydrogen-bond donors (Lipinski definition) is 0. The van der Waals surface area contributed by atoms with Crippen molar-refractivity contribution in [3.63, 3.8) is 0 Å². The number of nitro groups is 1. The topological polar surface area (TPSA) is 81.9 Å². The van der Waals surface area contributed by atoms with Crippen molar-refractivity contribution in [1.29, 1.82) is 0 Å². The number of rotatable bonds is 8. The van der Waals surface area contributed by atoms with Crippen molar-refractivity contribution in [1.82, 2.24) is 4.90 Å². The number of nitro benzene ring substituents is 1. The first-order valence-corrected chi connectivity index (χ1v) is 9.34. The molecule has 150 valence electrons. The van der Waals surface area contributed by atoms with E-state index in [9.17, 15) is 19.3 Å². The highest BCUT2D eigenvalue weighted by Crippen LogP contribution is 2.35. The Morgan fingerprint density at radius 2 is 1.96 bits per heavy atom. The second-order valence-electron chi connectivity index (χ2n) is 5.77. The monoisotopic (exact) mass is 454 g/mol. The summed E-state index contributed by atoms with van der Waals surface area (Å²) in [6.45, 7) is 3.93. The van der Waals surface area contributed by atoms with Crippen LogP contribution in [0.3, 0.4) is 0 Å². The van der Waals surface area contributed by atoms with Crippen LogP contribution in [0.15, 0.2) is 34.8 Å². The van der Waals surface area contributed by atoms with Crippen molar-refractivity contribution in [3.8, 4) is 11.5 Å². The van der Waals surface area contributed by atoms with E-state index in [4.69, 9.17) is 9.47 Å². The van der Waals surface area contributed by atoms with Crippen LogP contribution in [-0.4, -0.2) is 36.0 Å². The van der Waals surface area contributed by atoms with Crippen LogP contribution in [0, 0.1) is 15.9 Å². The lowest BCUT2D eigenvalue weighted by Crippen LogP contribution is -2.31. The maximum atomic E-state index is 14.1. The molecule has 0 unspecified atom stereocenters. The van der Waals surface area contributed by atoms with E-state index in [1.807, 2.05) is 0 Å². The molecule has 2 aromatic carbocycles. The van der Waals surface area contributed by atoms with E-state index in [1.54, 1.807) is 26.0 Å². The number of carbonyl (C=O) groups is 1. The SMILES string of the molecule is CCOc1cc([N+](=O)[O-])c(C(=O)N(CC)Cc2cc(Br)ccc2F)cc1OC. The number of amides is 1. The molecule has 0 saturated heterocycles. The Bertz CT molecular complexity index is 891. The number of ether oxygens (including phenoxy) is 2. The largest absolute Gasteiger partial charge is 0.493 e. The van der Waals surface area contributed by atoms with Gasteiger partial charge in [-0.2, -0.15) is 0 Å². The van der Waals surface area contributed by atoms with Crippen LogP contribution in [0.5, 0.6) is 11.5 Å². The number of methoxy groups -OCH3 is 1. The van der Waals surface area contributed by atoms with Gasteiger partial charge in [0.2, 0.25) is 0 Å². The molecule has 0 fully saturated rings. The quantitative estimate of drug-likeness (QED) is 0.431. The Hall–Kier alpha value is -2.68. The maximum absolute atomic E-state index is 14.1. The van der Waals surface area contributed by atoms with E-state index in [0.29, 0.717) is 10.0 Å². The predicted octanol–water partition coefficient (Wildman–Crippen LogP) is 4.57. The van der Waals surface area contributed by atoms with Gasteiger partial charge in [-0.3, -0.25) is 14.9 Å². The van der Waals surface area contributed by atoms with Gasteiger partial charge in [-0.25, -0.2) is 4.39 Å². The minimum absolute atomic E-state index is 0.0344. The van der Waals surface area contributed by atoms with Crippen molar-refractivity contribution in [2.24, 2.45) is 0 Å². The molecule has 1 amide bonds. The van der Waals surface area contributed by atoms with E-state index in [1.165, 1.54) is 30.2 Å². The van der Waals surface area contributed by atoms with Crippen LogP contribution in [0.4, 0.5) is 10.1 Å². The molecule has 7 nitrogen and oxygen atoms in total. The van der Waals surface area contributed by atoms with Crippen molar-refractivity contribution < 1.29 is 23.6 Å². The van der Waals surface area contributed by atoms with Crippen molar-refractivity contribution in [2.45, 2.75) is 20.4 Å².